The van der Waals surface area contributed by atoms with Crippen molar-refractivity contribution >= 4 is 35.5 Å². The number of hydrogen-bond donors (Lipinski definition) is 0. The molecule has 0 N–H and O–H groups in total. The molecule has 6 rings (SSSR count). The number of hydrogen-bond acceptors (Lipinski definition) is 0. The van der Waals surface area contributed by atoms with Gasteiger partial charge < -0.3 is 14.9 Å². The van der Waals surface area contributed by atoms with Crippen LogP contribution in [0.5, 0.6) is 0 Å². The van der Waals surface area contributed by atoms with Crippen molar-refractivity contribution in [2.45, 2.75) is 63.5 Å². The number of halogens is 2. The van der Waals surface area contributed by atoms with Gasteiger partial charge >= 0.3 is 37.9 Å². The molecule has 0 saturated heterocycles. The van der Waals surface area contributed by atoms with Crippen LogP contribution in [0.4, 0.5) is 0 Å². The van der Waals surface area contributed by atoms with Gasteiger partial charge in [0.05, 0.1) is 0 Å². The Bertz CT molecular complexity index is 1100. The summed E-state index contributed by atoms with van der Waals surface area (Å²) in [4.78, 5) is 0. The third kappa shape index (κ3) is 6.83. The van der Waals surface area contributed by atoms with Gasteiger partial charge in [0.2, 0.25) is 0 Å². The summed E-state index contributed by atoms with van der Waals surface area (Å²) >= 11 is -0.826. The Balaban J connectivity index is 0.000000930. The Morgan fingerprint density at radius 2 is 0.929 bits per heavy atom. The molecule has 2 saturated carbocycles. The van der Waals surface area contributed by atoms with Gasteiger partial charge in [0.25, 0.3) is 0 Å². The molecule has 0 bridgehead atoms. The van der Waals surface area contributed by atoms with Gasteiger partial charge in [-0.25, -0.2) is 0 Å². The van der Waals surface area contributed by atoms with E-state index in [-0.39, 0.29) is 14.9 Å². The minimum absolute atomic E-state index is 0. The first-order chi connectivity index (χ1) is 19.7. The zero-order valence-corrected chi connectivity index (χ0v) is 31.0. The molecule has 0 heterocycles. The van der Waals surface area contributed by atoms with E-state index in [1.54, 1.807) is 10.4 Å². The Morgan fingerprint density at radius 1 is 0.595 bits per heavy atom. The number of fused-ring (bicyclic) bond motifs is 2. The second kappa shape index (κ2) is 17.0. The predicted molar refractivity (Wildman–Crippen MR) is 186 cm³/mol. The van der Waals surface area contributed by atoms with Crippen molar-refractivity contribution in [3.63, 3.8) is 0 Å². The molecule has 0 amide bonds. The van der Waals surface area contributed by atoms with Crippen LogP contribution in [0.1, 0.15) is 52.4 Å². The Kier molecular flexibility index (Phi) is 14.4. The quantitative estimate of drug-likeness (QED) is 0.190. The molecule has 8 unspecified atom stereocenters. The summed E-state index contributed by atoms with van der Waals surface area (Å²) < 4.78 is 0. The normalized spacial score (nSPS) is 30.2. The summed E-state index contributed by atoms with van der Waals surface area (Å²) in [5, 5.41) is 3.38. The molecular weight excluding hydrogens is 647 g/mol. The van der Waals surface area contributed by atoms with E-state index in [2.05, 4.69) is 123 Å². The molecule has 2 aromatic rings. The minimum atomic E-state index is -2.21. The number of rotatable bonds is 8. The molecule has 2 aromatic carbocycles. The maximum atomic E-state index is 4.93. The standard InChI is InChI=1S/C36H44Si.2CH3.2ClH.Zr/c1-3-15-27-25-35(33-23-13-11-21-31(27)33)37(29-17-7-5-8-18-29,30-19-9-6-10-20-30)36-26-28(16-4-2)32-22-12-14-24-34(32)36;;;;;/h5-14,17-24,27-28,31-36H,3-4,15-16,25-26H2,1-2H3;2*1H3;2*1H;/q;2*-1;;;+4/p-2. The molecule has 4 aliphatic rings. The van der Waals surface area contributed by atoms with Gasteiger partial charge in [-0.2, -0.15) is 0 Å². The average molecular weight is 697 g/mol. The zero-order chi connectivity index (χ0) is 28.0. The molecule has 224 valence electrons. The maximum absolute atomic E-state index is 4.93. The third-order valence-corrected chi connectivity index (χ3v) is 16.7. The fourth-order valence-electron chi connectivity index (χ4n) is 9.38. The Hall–Kier alpha value is -0.920. The summed E-state index contributed by atoms with van der Waals surface area (Å²) in [6.07, 6.45) is 28.0. The van der Waals surface area contributed by atoms with Crippen LogP contribution in [-0.4, -0.2) is 8.07 Å². The fraction of sp³-hybridized carbons (Fsp3) is 0.421. The van der Waals surface area contributed by atoms with Gasteiger partial charge in [-0.3, -0.25) is 0 Å². The summed E-state index contributed by atoms with van der Waals surface area (Å²) in [5.41, 5.74) is 1.48. The van der Waals surface area contributed by atoms with Crippen molar-refractivity contribution in [1.29, 1.82) is 0 Å². The fourth-order valence-corrected chi connectivity index (χ4v) is 16.7. The molecule has 42 heavy (non-hydrogen) atoms. The van der Waals surface area contributed by atoms with E-state index in [4.69, 9.17) is 17.0 Å². The van der Waals surface area contributed by atoms with E-state index in [9.17, 15) is 0 Å². The molecular formula is C38H50Cl2SiZr. The third-order valence-electron chi connectivity index (χ3n) is 10.6. The van der Waals surface area contributed by atoms with Crippen molar-refractivity contribution in [2.75, 3.05) is 0 Å². The van der Waals surface area contributed by atoms with Crippen LogP contribution in [0, 0.1) is 50.4 Å². The van der Waals surface area contributed by atoms with Gasteiger partial charge in [-0.15, -0.1) is 0 Å². The Morgan fingerprint density at radius 3 is 1.26 bits per heavy atom. The molecule has 0 radical (unpaired) electrons. The van der Waals surface area contributed by atoms with E-state index in [0.29, 0.717) is 23.7 Å². The van der Waals surface area contributed by atoms with Gasteiger partial charge in [-0.05, 0) is 59.4 Å². The number of allylic oxidation sites excluding steroid dienone is 8. The molecule has 2 fully saturated rings. The first-order valence-electron chi connectivity index (χ1n) is 15.5. The SMILES string of the molecule is CCCC1CC([Si](c2ccccc2)(c2ccccc2)C2CC(CCC)C3C=CC=CC32)C2C=CC=CC12.[CH3-].[CH3-].[Cl][Zr+2][Cl]. The van der Waals surface area contributed by atoms with E-state index in [0.717, 1.165) is 22.9 Å². The topological polar surface area (TPSA) is 0 Å². The molecule has 0 aromatic heterocycles. The molecule has 4 heteroatoms. The first-order valence-corrected chi connectivity index (χ1v) is 24.0. The van der Waals surface area contributed by atoms with E-state index < -0.39 is 28.9 Å². The second-order valence-corrected chi connectivity index (χ2v) is 20.4. The molecule has 0 spiro atoms. The second-order valence-electron chi connectivity index (χ2n) is 12.3. The van der Waals surface area contributed by atoms with Crippen LogP contribution in [0.2, 0.25) is 11.1 Å². The van der Waals surface area contributed by atoms with E-state index in [1.165, 1.54) is 38.5 Å². The average Bonchev–Trinajstić information content (AvgIpc) is 3.55. The van der Waals surface area contributed by atoms with Crippen molar-refractivity contribution in [3.05, 3.63) is 124 Å². The zero-order valence-electron chi connectivity index (χ0n) is 26.0. The van der Waals surface area contributed by atoms with Crippen LogP contribution in [-0.2, 0) is 20.8 Å². The van der Waals surface area contributed by atoms with Gasteiger partial charge in [0, 0.05) is 0 Å². The van der Waals surface area contributed by atoms with Crippen molar-refractivity contribution in [3.8, 4) is 0 Å². The molecule has 8 atom stereocenters. The number of benzene rings is 2. The summed E-state index contributed by atoms with van der Waals surface area (Å²) in [6, 6.07) is 23.9. The Labute approximate surface area is 277 Å². The van der Waals surface area contributed by atoms with E-state index >= 15 is 0 Å². The monoisotopic (exact) mass is 694 g/mol. The van der Waals surface area contributed by atoms with Crippen molar-refractivity contribution in [2.24, 2.45) is 35.5 Å². The summed E-state index contributed by atoms with van der Waals surface area (Å²) in [6.45, 7) is 4.78. The molecule has 4 aliphatic carbocycles. The van der Waals surface area contributed by atoms with Crippen LogP contribution < -0.4 is 10.4 Å². The molecule has 0 nitrogen and oxygen atoms in total. The summed E-state index contributed by atoms with van der Waals surface area (Å²) in [5.74, 6) is 4.37. The van der Waals surface area contributed by atoms with Crippen molar-refractivity contribution < 1.29 is 20.8 Å². The van der Waals surface area contributed by atoms with Crippen LogP contribution in [0.25, 0.3) is 0 Å². The van der Waals surface area contributed by atoms with E-state index in [1.807, 2.05) is 0 Å². The van der Waals surface area contributed by atoms with Crippen LogP contribution in [0.15, 0.2) is 109 Å². The van der Waals surface area contributed by atoms with Crippen molar-refractivity contribution in [1.82, 2.24) is 0 Å². The predicted octanol–water partition coefficient (Wildman–Crippen LogP) is 10.6. The van der Waals surface area contributed by atoms with Gasteiger partial charge in [-0.1, -0.05) is 159 Å². The summed E-state index contributed by atoms with van der Waals surface area (Å²) in [7, 11) is 7.66. The van der Waals surface area contributed by atoms with Gasteiger partial charge in [0.1, 0.15) is 8.07 Å². The van der Waals surface area contributed by atoms with Crippen LogP contribution >= 0.6 is 17.0 Å². The van der Waals surface area contributed by atoms with Crippen LogP contribution in [0.3, 0.4) is 0 Å². The first kappa shape index (κ1) is 35.6. The van der Waals surface area contributed by atoms with Gasteiger partial charge in [0.15, 0.2) is 0 Å². The molecule has 0 aliphatic heterocycles.